The van der Waals surface area contributed by atoms with Crippen LogP contribution in [0.5, 0.6) is 0 Å². The minimum atomic E-state index is -0.488. The number of H-pyrrole nitrogens is 1. The summed E-state index contributed by atoms with van der Waals surface area (Å²) >= 11 is 0. The molecule has 3 N–H and O–H groups in total. The Kier molecular flexibility index (Phi) is 6.37. The first-order valence-electron chi connectivity index (χ1n) is 10.3. The van der Waals surface area contributed by atoms with Gasteiger partial charge < -0.3 is 15.2 Å². The molecule has 0 saturated carbocycles. The third-order valence-corrected chi connectivity index (χ3v) is 5.09. The van der Waals surface area contributed by atoms with E-state index in [1.807, 2.05) is 24.0 Å². The van der Waals surface area contributed by atoms with Gasteiger partial charge >= 0.3 is 6.03 Å². The summed E-state index contributed by atoms with van der Waals surface area (Å²) in [7, 11) is 0. The number of carbonyl (C=O) groups is 1. The largest absolute Gasteiger partial charge is 0.365 e. The molecule has 10 heteroatoms. The number of carbonyl (C=O) groups excluding carboxylic acids is 1. The Labute approximate surface area is 179 Å². The highest BCUT2D eigenvalue weighted by atomic mass is 19.1. The third kappa shape index (κ3) is 5.15. The van der Waals surface area contributed by atoms with E-state index < -0.39 is 5.95 Å². The second-order valence-electron chi connectivity index (χ2n) is 7.24. The fourth-order valence-electron chi connectivity index (χ4n) is 3.57. The second kappa shape index (κ2) is 9.52. The molecule has 0 aromatic carbocycles. The Hall–Kier alpha value is -3.53. The standard InChI is InChI=1S/C21H25FN8O/c1-2-23-21(31)28-18-13-15(5-6-24-18)14-29-9-11-30(12-10-29)17-4-3-16(27-19(17)22)20-25-7-8-26-20/h3-8,13H,2,9-12,14H2,1H3,(H,25,26)(H2,23,24,28,31). The van der Waals surface area contributed by atoms with Crippen molar-refractivity contribution in [2.45, 2.75) is 13.5 Å². The van der Waals surface area contributed by atoms with Gasteiger partial charge in [-0.05, 0) is 36.8 Å². The Balaban J connectivity index is 1.33. The van der Waals surface area contributed by atoms with Gasteiger partial charge in [-0.2, -0.15) is 4.39 Å². The first-order chi connectivity index (χ1) is 15.1. The van der Waals surface area contributed by atoms with Gasteiger partial charge in [0, 0.05) is 57.9 Å². The SMILES string of the molecule is CCNC(=O)Nc1cc(CN2CCN(c3ccc(-c4ncc[nH]4)nc3F)CC2)ccn1. The van der Waals surface area contributed by atoms with Crippen molar-refractivity contribution in [1.29, 1.82) is 0 Å². The number of aromatic amines is 1. The second-order valence-corrected chi connectivity index (χ2v) is 7.24. The molecule has 1 aliphatic rings. The number of aromatic nitrogens is 4. The lowest BCUT2D eigenvalue weighted by Crippen LogP contribution is -2.46. The number of pyridine rings is 2. The van der Waals surface area contributed by atoms with Gasteiger partial charge in [0.25, 0.3) is 0 Å². The molecule has 4 heterocycles. The average molecular weight is 424 g/mol. The van der Waals surface area contributed by atoms with Crippen LogP contribution in [-0.4, -0.2) is 63.6 Å². The normalized spacial score (nSPS) is 14.5. The molecule has 162 valence electrons. The average Bonchev–Trinajstić information content (AvgIpc) is 3.30. The van der Waals surface area contributed by atoms with E-state index in [0.29, 0.717) is 42.7 Å². The van der Waals surface area contributed by atoms with Crippen molar-refractivity contribution in [1.82, 2.24) is 30.2 Å². The van der Waals surface area contributed by atoms with Crippen molar-refractivity contribution in [3.8, 4) is 11.5 Å². The number of rotatable bonds is 6. The highest BCUT2D eigenvalue weighted by Gasteiger charge is 2.21. The van der Waals surface area contributed by atoms with E-state index in [1.165, 1.54) is 0 Å². The smallest absolute Gasteiger partial charge is 0.320 e. The van der Waals surface area contributed by atoms with E-state index >= 15 is 0 Å². The summed E-state index contributed by atoms with van der Waals surface area (Å²) in [4.78, 5) is 31.3. The van der Waals surface area contributed by atoms with E-state index in [-0.39, 0.29) is 6.03 Å². The van der Waals surface area contributed by atoms with Crippen LogP contribution in [0.15, 0.2) is 42.9 Å². The zero-order valence-electron chi connectivity index (χ0n) is 17.3. The van der Waals surface area contributed by atoms with Gasteiger partial charge in [0.05, 0.1) is 5.69 Å². The highest BCUT2D eigenvalue weighted by Crippen LogP contribution is 2.23. The summed E-state index contributed by atoms with van der Waals surface area (Å²) in [5.74, 6) is 0.582. The first-order valence-corrected chi connectivity index (χ1v) is 10.3. The number of nitrogens with one attached hydrogen (secondary N) is 3. The molecule has 3 aromatic rings. The maximum atomic E-state index is 14.6. The maximum Gasteiger partial charge on any atom is 0.320 e. The van der Waals surface area contributed by atoms with Crippen molar-refractivity contribution in [3.63, 3.8) is 0 Å². The topological polar surface area (TPSA) is 102 Å². The van der Waals surface area contributed by atoms with Crippen LogP contribution in [0.25, 0.3) is 11.5 Å². The zero-order chi connectivity index (χ0) is 21.6. The molecule has 31 heavy (non-hydrogen) atoms. The number of hydrogen-bond donors (Lipinski definition) is 3. The molecule has 0 atom stereocenters. The van der Waals surface area contributed by atoms with Gasteiger partial charge in [-0.15, -0.1) is 0 Å². The summed E-state index contributed by atoms with van der Waals surface area (Å²) in [6.07, 6.45) is 4.99. The van der Waals surface area contributed by atoms with Crippen LogP contribution in [0.2, 0.25) is 0 Å². The fraction of sp³-hybridized carbons (Fsp3) is 0.333. The molecule has 0 spiro atoms. The van der Waals surface area contributed by atoms with Crippen molar-refractivity contribution in [2.24, 2.45) is 0 Å². The number of anilines is 2. The van der Waals surface area contributed by atoms with Crippen LogP contribution >= 0.6 is 0 Å². The van der Waals surface area contributed by atoms with Gasteiger partial charge in [0.1, 0.15) is 11.5 Å². The van der Waals surface area contributed by atoms with E-state index in [1.54, 1.807) is 30.7 Å². The first kappa shape index (κ1) is 20.7. The van der Waals surface area contributed by atoms with E-state index in [2.05, 4.69) is 35.5 Å². The Bertz CT molecular complexity index is 1020. The van der Waals surface area contributed by atoms with Crippen LogP contribution in [0, 0.1) is 5.95 Å². The number of piperazine rings is 1. The minimum Gasteiger partial charge on any atom is -0.365 e. The maximum absolute atomic E-state index is 14.6. The van der Waals surface area contributed by atoms with Crippen molar-refractivity contribution < 1.29 is 9.18 Å². The summed E-state index contributed by atoms with van der Waals surface area (Å²) in [6, 6.07) is 7.08. The molecule has 0 radical (unpaired) electrons. The van der Waals surface area contributed by atoms with Crippen LogP contribution < -0.4 is 15.5 Å². The molecule has 1 aliphatic heterocycles. The lowest BCUT2D eigenvalue weighted by molar-refractivity contribution is 0.249. The molecule has 2 amide bonds. The summed E-state index contributed by atoms with van der Waals surface area (Å²) < 4.78 is 14.6. The molecular weight excluding hydrogens is 399 g/mol. The minimum absolute atomic E-state index is 0.269. The fourth-order valence-corrected chi connectivity index (χ4v) is 3.57. The Morgan fingerprint density at radius 3 is 2.71 bits per heavy atom. The predicted molar refractivity (Wildman–Crippen MR) is 116 cm³/mol. The summed E-state index contributed by atoms with van der Waals surface area (Å²) in [5.41, 5.74) is 2.05. The number of halogens is 1. The third-order valence-electron chi connectivity index (χ3n) is 5.09. The van der Waals surface area contributed by atoms with Crippen LogP contribution in [-0.2, 0) is 6.54 Å². The van der Waals surface area contributed by atoms with Gasteiger partial charge in [-0.1, -0.05) is 0 Å². The number of nitrogens with zero attached hydrogens (tertiary/aromatic N) is 5. The van der Waals surface area contributed by atoms with Crippen LogP contribution in [0.4, 0.5) is 20.7 Å². The molecule has 1 fully saturated rings. The molecule has 0 unspecified atom stereocenters. The molecule has 9 nitrogen and oxygen atoms in total. The molecule has 3 aromatic heterocycles. The van der Waals surface area contributed by atoms with E-state index in [9.17, 15) is 9.18 Å². The Morgan fingerprint density at radius 2 is 2.00 bits per heavy atom. The van der Waals surface area contributed by atoms with Gasteiger partial charge in [0.15, 0.2) is 5.82 Å². The lowest BCUT2D eigenvalue weighted by Gasteiger charge is -2.36. The number of urea groups is 1. The molecule has 1 saturated heterocycles. The van der Waals surface area contributed by atoms with Gasteiger partial charge in [0.2, 0.25) is 5.95 Å². The highest BCUT2D eigenvalue weighted by molar-refractivity contribution is 5.88. The Morgan fingerprint density at radius 1 is 1.16 bits per heavy atom. The van der Waals surface area contributed by atoms with Crippen molar-refractivity contribution >= 4 is 17.5 Å². The number of amides is 2. The predicted octanol–water partition coefficient (Wildman–Crippen LogP) is 2.47. The van der Waals surface area contributed by atoms with E-state index in [4.69, 9.17) is 0 Å². The van der Waals surface area contributed by atoms with Gasteiger partial charge in [-0.3, -0.25) is 10.2 Å². The zero-order valence-corrected chi connectivity index (χ0v) is 17.3. The van der Waals surface area contributed by atoms with Gasteiger partial charge in [-0.25, -0.2) is 19.7 Å². The van der Waals surface area contributed by atoms with E-state index in [0.717, 1.165) is 25.2 Å². The van der Waals surface area contributed by atoms with Crippen LogP contribution in [0.3, 0.4) is 0 Å². The summed E-state index contributed by atoms with van der Waals surface area (Å²) in [6.45, 7) is 6.14. The molecule has 0 aliphatic carbocycles. The molecule has 0 bridgehead atoms. The van der Waals surface area contributed by atoms with Crippen LogP contribution in [0.1, 0.15) is 12.5 Å². The molecule has 4 rings (SSSR count). The number of imidazole rings is 1. The quantitative estimate of drug-likeness (QED) is 0.526. The van der Waals surface area contributed by atoms with Crippen molar-refractivity contribution in [2.75, 3.05) is 42.9 Å². The molecular formula is C21H25FN8O. The van der Waals surface area contributed by atoms with Crippen molar-refractivity contribution in [3.05, 3.63) is 54.4 Å². The summed E-state index contributed by atoms with van der Waals surface area (Å²) in [5, 5.41) is 5.41. The number of hydrogen-bond acceptors (Lipinski definition) is 6. The lowest BCUT2D eigenvalue weighted by atomic mass is 10.2. The monoisotopic (exact) mass is 424 g/mol.